The summed E-state index contributed by atoms with van der Waals surface area (Å²) >= 11 is 7.07. The van der Waals surface area contributed by atoms with Crippen LogP contribution in [0.3, 0.4) is 0 Å². The molecule has 5 heteroatoms. The lowest BCUT2D eigenvalue weighted by Gasteiger charge is -2.14. The van der Waals surface area contributed by atoms with Crippen LogP contribution in [0, 0.1) is 5.41 Å². The highest BCUT2D eigenvalue weighted by molar-refractivity contribution is 9.11. The van der Waals surface area contributed by atoms with Gasteiger partial charge in [0.25, 0.3) is 0 Å². The molecule has 0 aliphatic heterocycles. The van der Waals surface area contributed by atoms with E-state index in [4.69, 9.17) is 4.74 Å². The van der Waals surface area contributed by atoms with Gasteiger partial charge in [0.2, 0.25) is 0 Å². The van der Waals surface area contributed by atoms with Gasteiger partial charge in [0, 0.05) is 25.1 Å². The fourth-order valence-electron chi connectivity index (χ4n) is 2.04. The van der Waals surface area contributed by atoms with Crippen LogP contribution in [0.15, 0.2) is 21.1 Å². The minimum Gasteiger partial charge on any atom is -0.492 e. The van der Waals surface area contributed by atoms with Gasteiger partial charge in [0.05, 0.1) is 15.6 Å². The third kappa shape index (κ3) is 3.94. The van der Waals surface area contributed by atoms with Gasteiger partial charge in [0.1, 0.15) is 5.75 Å². The summed E-state index contributed by atoms with van der Waals surface area (Å²) in [7, 11) is 0. The summed E-state index contributed by atoms with van der Waals surface area (Å²) in [6.07, 6.45) is 2.26. The number of benzene rings is 1. The molecule has 0 unspecified atom stereocenters. The largest absolute Gasteiger partial charge is 0.492 e. The zero-order chi connectivity index (χ0) is 13.9. The second-order valence-electron chi connectivity index (χ2n) is 5.08. The van der Waals surface area contributed by atoms with Crippen molar-refractivity contribution in [3.8, 4) is 5.75 Å². The summed E-state index contributed by atoms with van der Waals surface area (Å²) in [5.41, 5.74) is 1.34. The SMILES string of the molecule is CCOc1c(Br)cc(CNCC2(CO)CC2)cc1Br. The Labute approximate surface area is 131 Å². The predicted octanol–water partition coefficient (Wildman–Crippen LogP) is 3.47. The highest BCUT2D eigenvalue weighted by Gasteiger charge is 2.41. The van der Waals surface area contributed by atoms with Gasteiger partial charge in [-0.2, -0.15) is 0 Å². The van der Waals surface area contributed by atoms with Crippen LogP contribution >= 0.6 is 31.9 Å². The summed E-state index contributed by atoms with van der Waals surface area (Å²) in [4.78, 5) is 0. The Hall–Kier alpha value is -0.100. The predicted molar refractivity (Wildman–Crippen MR) is 83.5 cm³/mol. The number of hydrogen-bond acceptors (Lipinski definition) is 3. The molecule has 3 nitrogen and oxygen atoms in total. The molecule has 1 aromatic carbocycles. The Kier molecular flexibility index (Phi) is 5.29. The minimum atomic E-state index is 0.153. The van der Waals surface area contributed by atoms with E-state index < -0.39 is 0 Å². The van der Waals surface area contributed by atoms with Crippen molar-refractivity contribution >= 4 is 31.9 Å². The lowest BCUT2D eigenvalue weighted by Crippen LogP contribution is -2.26. The standard InChI is InChI=1S/C14H19Br2NO2/c1-2-19-13-11(15)5-10(6-12(13)16)7-17-8-14(9-18)3-4-14/h5-6,17-18H,2-4,7-9H2,1H3. The molecule has 0 atom stereocenters. The lowest BCUT2D eigenvalue weighted by atomic mass is 10.1. The van der Waals surface area contributed by atoms with Crippen molar-refractivity contribution < 1.29 is 9.84 Å². The molecule has 1 aliphatic carbocycles. The average Bonchev–Trinajstić information content (AvgIpc) is 3.14. The molecule has 0 heterocycles. The summed E-state index contributed by atoms with van der Waals surface area (Å²) in [5.74, 6) is 0.847. The van der Waals surface area contributed by atoms with Gasteiger partial charge < -0.3 is 15.2 Å². The van der Waals surface area contributed by atoms with E-state index in [1.165, 1.54) is 5.56 Å². The molecule has 0 spiro atoms. The van der Waals surface area contributed by atoms with E-state index in [1.54, 1.807) is 0 Å². The zero-order valence-electron chi connectivity index (χ0n) is 11.0. The Morgan fingerprint density at radius 3 is 2.42 bits per heavy atom. The highest BCUT2D eigenvalue weighted by atomic mass is 79.9. The fraction of sp³-hybridized carbons (Fsp3) is 0.571. The Morgan fingerprint density at radius 2 is 1.95 bits per heavy atom. The normalized spacial score (nSPS) is 16.4. The van der Waals surface area contributed by atoms with Crippen molar-refractivity contribution in [3.05, 3.63) is 26.6 Å². The summed E-state index contributed by atoms with van der Waals surface area (Å²) in [6.45, 7) is 4.58. The Bertz CT molecular complexity index is 424. The first-order chi connectivity index (χ1) is 9.10. The summed E-state index contributed by atoms with van der Waals surface area (Å²) < 4.78 is 7.49. The number of nitrogens with one attached hydrogen (secondary N) is 1. The number of aliphatic hydroxyl groups excluding tert-OH is 1. The van der Waals surface area contributed by atoms with Crippen LogP contribution in [0.1, 0.15) is 25.3 Å². The Balaban J connectivity index is 1.94. The van der Waals surface area contributed by atoms with E-state index in [-0.39, 0.29) is 12.0 Å². The van der Waals surface area contributed by atoms with Gasteiger partial charge in [-0.25, -0.2) is 0 Å². The van der Waals surface area contributed by atoms with Crippen LogP contribution in [0.25, 0.3) is 0 Å². The van der Waals surface area contributed by atoms with Crippen molar-refractivity contribution in [2.45, 2.75) is 26.3 Å². The maximum atomic E-state index is 9.27. The Morgan fingerprint density at radius 1 is 1.32 bits per heavy atom. The van der Waals surface area contributed by atoms with E-state index in [2.05, 4.69) is 49.3 Å². The van der Waals surface area contributed by atoms with Crippen molar-refractivity contribution in [3.63, 3.8) is 0 Å². The molecule has 1 aromatic rings. The summed E-state index contributed by atoms with van der Waals surface area (Å²) in [5, 5.41) is 12.7. The molecular formula is C14H19Br2NO2. The molecule has 1 aliphatic rings. The topological polar surface area (TPSA) is 41.5 Å². The van der Waals surface area contributed by atoms with Gasteiger partial charge in [-0.3, -0.25) is 0 Å². The number of halogens is 2. The molecule has 0 bridgehead atoms. The molecule has 19 heavy (non-hydrogen) atoms. The molecule has 106 valence electrons. The van der Waals surface area contributed by atoms with E-state index in [9.17, 15) is 5.11 Å². The summed E-state index contributed by atoms with van der Waals surface area (Å²) in [6, 6.07) is 4.14. The molecule has 0 radical (unpaired) electrons. The van der Waals surface area contributed by atoms with Crippen LogP contribution in [0.5, 0.6) is 5.75 Å². The van der Waals surface area contributed by atoms with Gasteiger partial charge in [-0.1, -0.05) is 0 Å². The number of rotatable bonds is 7. The minimum absolute atomic E-state index is 0.153. The van der Waals surface area contributed by atoms with Crippen molar-refractivity contribution in [2.24, 2.45) is 5.41 Å². The first-order valence-corrected chi connectivity index (χ1v) is 8.11. The molecule has 0 amide bonds. The third-order valence-corrected chi connectivity index (χ3v) is 4.65. The highest BCUT2D eigenvalue weighted by Crippen LogP contribution is 2.44. The van der Waals surface area contributed by atoms with Crippen LogP contribution < -0.4 is 10.1 Å². The molecule has 1 saturated carbocycles. The molecule has 0 saturated heterocycles. The maximum Gasteiger partial charge on any atom is 0.147 e. The number of ether oxygens (including phenoxy) is 1. The maximum absolute atomic E-state index is 9.27. The van der Waals surface area contributed by atoms with E-state index >= 15 is 0 Å². The van der Waals surface area contributed by atoms with E-state index in [0.29, 0.717) is 6.61 Å². The molecule has 2 rings (SSSR count). The smallest absolute Gasteiger partial charge is 0.147 e. The van der Waals surface area contributed by atoms with E-state index in [1.807, 2.05) is 6.92 Å². The van der Waals surface area contributed by atoms with Gasteiger partial charge in [-0.15, -0.1) is 0 Å². The van der Waals surface area contributed by atoms with Crippen LogP contribution in [-0.2, 0) is 6.54 Å². The van der Waals surface area contributed by atoms with Crippen molar-refractivity contribution in [1.29, 1.82) is 0 Å². The van der Waals surface area contributed by atoms with Crippen LogP contribution in [0.4, 0.5) is 0 Å². The van der Waals surface area contributed by atoms with Crippen molar-refractivity contribution in [2.75, 3.05) is 19.8 Å². The number of hydrogen-bond donors (Lipinski definition) is 2. The van der Waals surface area contributed by atoms with E-state index in [0.717, 1.165) is 40.6 Å². The monoisotopic (exact) mass is 391 g/mol. The fourth-order valence-corrected chi connectivity index (χ4v) is 3.55. The molecule has 1 fully saturated rings. The van der Waals surface area contributed by atoms with Gasteiger partial charge in [-0.05, 0) is 69.3 Å². The van der Waals surface area contributed by atoms with Crippen LogP contribution in [-0.4, -0.2) is 24.9 Å². The first-order valence-electron chi connectivity index (χ1n) is 6.52. The lowest BCUT2D eigenvalue weighted by molar-refractivity contribution is 0.207. The quantitative estimate of drug-likeness (QED) is 0.746. The van der Waals surface area contributed by atoms with Crippen LogP contribution in [0.2, 0.25) is 0 Å². The second-order valence-corrected chi connectivity index (χ2v) is 6.79. The van der Waals surface area contributed by atoms with Crippen molar-refractivity contribution in [1.82, 2.24) is 5.32 Å². The third-order valence-electron chi connectivity index (χ3n) is 3.47. The molecular weight excluding hydrogens is 374 g/mol. The molecule has 2 N–H and O–H groups in total. The average molecular weight is 393 g/mol. The number of aliphatic hydroxyl groups is 1. The first kappa shape index (κ1) is 15.3. The van der Waals surface area contributed by atoms with Gasteiger partial charge >= 0.3 is 0 Å². The van der Waals surface area contributed by atoms with Gasteiger partial charge in [0.15, 0.2) is 0 Å². The second kappa shape index (κ2) is 6.57. The molecule has 0 aromatic heterocycles. The zero-order valence-corrected chi connectivity index (χ0v) is 14.2.